The Morgan fingerprint density at radius 3 is 2.33 bits per heavy atom. The second kappa shape index (κ2) is 4.77. The monoisotopic (exact) mass is 257 g/mol. The Labute approximate surface area is 97.3 Å². The highest BCUT2D eigenvalue weighted by molar-refractivity contribution is 9.10. The highest BCUT2D eigenvalue weighted by atomic mass is 79.9. The van der Waals surface area contributed by atoms with Crippen molar-refractivity contribution < 1.29 is 0 Å². The minimum Gasteiger partial charge on any atom is -0.263 e. The highest BCUT2D eigenvalue weighted by Gasteiger charge is 1.87. The SMILES string of the molecule is Brc1ccc(C#Cc2cccnc2)cc1. The molecule has 15 heavy (non-hydrogen) atoms. The number of hydrogen-bond acceptors (Lipinski definition) is 1. The molecule has 1 heterocycles. The summed E-state index contributed by atoms with van der Waals surface area (Å²) in [5.74, 6) is 6.13. The zero-order chi connectivity index (χ0) is 10.5. The first kappa shape index (κ1) is 9.95. The topological polar surface area (TPSA) is 12.9 Å². The smallest absolute Gasteiger partial charge is 0.0432 e. The third kappa shape index (κ3) is 2.93. The maximum absolute atomic E-state index is 4.00. The van der Waals surface area contributed by atoms with Gasteiger partial charge in [-0.3, -0.25) is 4.98 Å². The van der Waals surface area contributed by atoms with E-state index in [2.05, 4.69) is 32.8 Å². The van der Waals surface area contributed by atoms with E-state index in [0.717, 1.165) is 15.6 Å². The number of benzene rings is 1. The van der Waals surface area contributed by atoms with E-state index in [9.17, 15) is 0 Å². The summed E-state index contributed by atoms with van der Waals surface area (Å²) in [7, 11) is 0. The highest BCUT2D eigenvalue weighted by Crippen LogP contribution is 2.09. The van der Waals surface area contributed by atoms with Crippen molar-refractivity contribution in [3.05, 3.63) is 64.4 Å². The molecule has 2 aromatic rings. The summed E-state index contributed by atoms with van der Waals surface area (Å²) in [4.78, 5) is 4.00. The fraction of sp³-hybridized carbons (Fsp3) is 0. The van der Waals surface area contributed by atoms with Gasteiger partial charge in [0.1, 0.15) is 0 Å². The van der Waals surface area contributed by atoms with Crippen molar-refractivity contribution in [1.82, 2.24) is 4.98 Å². The Balaban J connectivity index is 2.22. The van der Waals surface area contributed by atoms with Crippen LogP contribution >= 0.6 is 15.9 Å². The number of pyridine rings is 1. The lowest BCUT2D eigenvalue weighted by atomic mass is 10.2. The average Bonchev–Trinajstić information content (AvgIpc) is 2.30. The van der Waals surface area contributed by atoms with Crippen LogP contribution in [0.2, 0.25) is 0 Å². The van der Waals surface area contributed by atoms with Gasteiger partial charge in [-0.2, -0.15) is 0 Å². The molecule has 0 radical (unpaired) electrons. The van der Waals surface area contributed by atoms with Gasteiger partial charge < -0.3 is 0 Å². The molecule has 1 aromatic carbocycles. The first-order valence-electron chi connectivity index (χ1n) is 4.52. The maximum Gasteiger partial charge on any atom is 0.0432 e. The van der Waals surface area contributed by atoms with Crippen LogP contribution in [-0.4, -0.2) is 4.98 Å². The molecule has 2 heteroatoms. The molecule has 0 aliphatic carbocycles. The summed E-state index contributed by atoms with van der Waals surface area (Å²) in [6.45, 7) is 0. The number of aromatic nitrogens is 1. The molecule has 1 nitrogen and oxygen atoms in total. The molecule has 0 fully saturated rings. The quantitative estimate of drug-likeness (QED) is 0.661. The molecule has 0 amide bonds. The van der Waals surface area contributed by atoms with Gasteiger partial charge in [0.2, 0.25) is 0 Å². The van der Waals surface area contributed by atoms with E-state index < -0.39 is 0 Å². The van der Waals surface area contributed by atoms with E-state index in [0.29, 0.717) is 0 Å². The largest absolute Gasteiger partial charge is 0.263 e. The van der Waals surface area contributed by atoms with Gasteiger partial charge in [0.15, 0.2) is 0 Å². The Kier molecular flexibility index (Phi) is 3.16. The Morgan fingerprint density at radius 2 is 1.67 bits per heavy atom. The second-order valence-corrected chi connectivity index (χ2v) is 3.91. The van der Waals surface area contributed by atoms with E-state index in [1.807, 2.05) is 36.4 Å². The molecule has 0 atom stereocenters. The first-order chi connectivity index (χ1) is 7.34. The molecule has 0 bridgehead atoms. The van der Waals surface area contributed by atoms with Crippen LogP contribution in [0.5, 0.6) is 0 Å². The zero-order valence-electron chi connectivity index (χ0n) is 7.94. The van der Waals surface area contributed by atoms with Crippen molar-refractivity contribution in [1.29, 1.82) is 0 Å². The van der Waals surface area contributed by atoms with E-state index >= 15 is 0 Å². The van der Waals surface area contributed by atoms with Crippen molar-refractivity contribution in [3.8, 4) is 11.8 Å². The second-order valence-electron chi connectivity index (χ2n) is 3.00. The van der Waals surface area contributed by atoms with Gasteiger partial charge in [0, 0.05) is 28.0 Å². The van der Waals surface area contributed by atoms with Crippen LogP contribution < -0.4 is 0 Å². The summed E-state index contributed by atoms with van der Waals surface area (Å²) in [5.41, 5.74) is 1.93. The van der Waals surface area contributed by atoms with E-state index in [1.165, 1.54) is 0 Å². The van der Waals surface area contributed by atoms with E-state index in [1.54, 1.807) is 12.4 Å². The van der Waals surface area contributed by atoms with Crippen molar-refractivity contribution in [3.63, 3.8) is 0 Å². The first-order valence-corrected chi connectivity index (χ1v) is 5.31. The van der Waals surface area contributed by atoms with Crippen LogP contribution in [0.3, 0.4) is 0 Å². The summed E-state index contributed by atoms with van der Waals surface area (Å²) in [5, 5.41) is 0. The molecule has 2 rings (SSSR count). The summed E-state index contributed by atoms with van der Waals surface area (Å²) in [6.07, 6.45) is 3.50. The Hall–Kier alpha value is -1.59. The van der Waals surface area contributed by atoms with Gasteiger partial charge in [0.25, 0.3) is 0 Å². The van der Waals surface area contributed by atoms with Crippen LogP contribution in [0, 0.1) is 11.8 Å². The van der Waals surface area contributed by atoms with Gasteiger partial charge in [-0.1, -0.05) is 27.8 Å². The van der Waals surface area contributed by atoms with Gasteiger partial charge in [-0.05, 0) is 36.4 Å². The maximum atomic E-state index is 4.00. The number of hydrogen-bond donors (Lipinski definition) is 0. The van der Waals surface area contributed by atoms with E-state index in [4.69, 9.17) is 0 Å². The molecule has 0 saturated heterocycles. The normalized spacial score (nSPS) is 9.13. The summed E-state index contributed by atoms with van der Waals surface area (Å²) in [6, 6.07) is 11.7. The fourth-order valence-electron chi connectivity index (χ4n) is 1.11. The molecule has 0 unspecified atom stereocenters. The summed E-state index contributed by atoms with van der Waals surface area (Å²) < 4.78 is 1.06. The summed E-state index contributed by atoms with van der Waals surface area (Å²) >= 11 is 3.38. The van der Waals surface area contributed by atoms with Crippen molar-refractivity contribution in [2.45, 2.75) is 0 Å². The van der Waals surface area contributed by atoms with Crippen molar-refractivity contribution in [2.75, 3.05) is 0 Å². The average molecular weight is 258 g/mol. The molecule has 72 valence electrons. The zero-order valence-corrected chi connectivity index (χ0v) is 9.53. The molecule has 0 spiro atoms. The van der Waals surface area contributed by atoms with Crippen LogP contribution in [0.1, 0.15) is 11.1 Å². The molecule has 0 N–H and O–H groups in total. The van der Waals surface area contributed by atoms with Crippen molar-refractivity contribution in [2.24, 2.45) is 0 Å². The standard InChI is InChI=1S/C13H8BrN/c14-13-7-5-11(6-8-13)3-4-12-2-1-9-15-10-12/h1-2,5-10H. The minimum absolute atomic E-state index is 0.931. The fourth-order valence-corrected chi connectivity index (χ4v) is 1.38. The van der Waals surface area contributed by atoms with Gasteiger partial charge in [-0.25, -0.2) is 0 Å². The van der Waals surface area contributed by atoms with Gasteiger partial charge in [0.05, 0.1) is 0 Å². The van der Waals surface area contributed by atoms with Gasteiger partial charge >= 0.3 is 0 Å². The van der Waals surface area contributed by atoms with Crippen LogP contribution in [0.4, 0.5) is 0 Å². The molecule has 0 aliphatic heterocycles. The predicted octanol–water partition coefficient (Wildman–Crippen LogP) is 3.24. The molecule has 1 aromatic heterocycles. The van der Waals surface area contributed by atoms with Crippen molar-refractivity contribution >= 4 is 15.9 Å². The number of nitrogens with zero attached hydrogens (tertiary/aromatic N) is 1. The minimum atomic E-state index is 0.931. The lowest BCUT2D eigenvalue weighted by molar-refractivity contribution is 1.31. The number of halogens is 1. The van der Waals surface area contributed by atoms with Crippen LogP contribution in [-0.2, 0) is 0 Å². The third-order valence-corrected chi connectivity index (χ3v) is 2.39. The lowest BCUT2D eigenvalue weighted by Crippen LogP contribution is -1.76. The molecular weight excluding hydrogens is 250 g/mol. The Morgan fingerprint density at radius 1 is 0.933 bits per heavy atom. The Bertz CT molecular complexity index is 492. The van der Waals surface area contributed by atoms with Crippen LogP contribution in [0.25, 0.3) is 0 Å². The molecular formula is C13H8BrN. The van der Waals surface area contributed by atoms with E-state index in [-0.39, 0.29) is 0 Å². The molecule has 0 aliphatic rings. The number of rotatable bonds is 0. The predicted molar refractivity (Wildman–Crippen MR) is 64.4 cm³/mol. The van der Waals surface area contributed by atoms with Crippen LogP contribution in [0.15, 0.2) is 53.3 Å². The van der Waals surface area contributed by atoms with Gasteiger partial charge in [-0.15, -0.1) is 0 Å². The lowest BCUT2D eigenvalue weighted by Gasteiger charge is -1.90. The molecule has 0 saturated carbocycles. The third-order valence-electron chi connectivity index (χ3n) is 1.86.